The number of nitrogens with zero attached hydrogens (tertiary/aromatic N) is 1. The van der Waals surface area contributed by atoms with Crippen molar-refractivity contribution in [1.82, 2.24) is 4.98 Å². The van der Waals surface area contributed by atoms with Crippen molar-refractivity contribution in [2.45, 2.75) is 33.3 Å². The van der Waals surface area contributed by atoms with Gasteiger partial charge in [0.2, 0.25) is 0 Å². The van der Waals surface area contributed by atoms with E-state index in [1.807, 2.05) is 39.8 Å². The van der Waals surface area contributed by atoms with Crippen LogP contribution in [0.5, 0.6) is 0 Å². The first-order valence-corrected chi connectivity index (χ1v) is 6.11. The summed E-state index contributed by atoms with van der Waals surface area (Å²) in [5.74, 6) is -0.361. The number of hydrogen-bond donors (Lipinski definition) is 0. The summed E-state index contributed by atoms with van der Waals surface area (Å²) in [5.41, 5.74) is 1.15. The summed E-state index contributed by atoms with van der Waals surface area (Å²) in [5, 5.41) is 0. The molecule has 1 aromatic rings. The number of pyridine rings is 1. The van der Waals surface area contributed by atoms with Gasteiger partial charge in [0.1, 0.15) is 5.60 Å². The zero-order chi connectivity index (χ0) is 13.1. The molecule has 0 spiro atoms. The third-order valence-electron chi connectivity index (χ3n) is 1.84. The Balaban J connectivity index is 2.71. The molecule has 0 atom stereocenters. The summed E-state index contributed by atoms with van der Waals surface area (Å²) >= 11 is 3.37. The number of carbonyl (C=O) groups excluding carboxylic acids is 1. The monoisotopic (exact) mass is 297 g/mol. The van der Waals surface area contributed by atoms with Crippen LogP contribution in [0.25, 0.3) is 6.08 Å². The molecular formula is C13H16BrNO2. The van der Waals surface area contributed by atoms with Crippen LogP contribution in [0.1, 0.15) is 32.2 Å². The fourth-order valence-corrected chi connectivity index (χ4v) is 1.37. The van der Waals surface area contributed by atoms with Crippen molar-refractivity contribution in [3.05, 3.63) is 34.1 Å². The molecule has 0 saturated carbocycles. The largest absolute Gasteiger partial charge is 0.457 e. The van der Waals surface area contributed by atoms with Crippen molar-refractivity contribution in [3.63, 3.8) is 0 Å². The molecule has 0 saturated heterocycles. The standard InChI is InChI=1S/C13H16BrNO2/c1-9-11(14)7-5-10(15-9)6-8-12(16)17-13(2,3)4/h5-8H,1-4H3. The molecule has 92 valence electrons. The lowest BCUT2D eigenvalue weighted by Crippen LogP contribution is -2.22. The molecule has 0 bridgehead atoms. The van der Waals surface area contributed by atoms with Gasteiger partial charge in [-0.1, -0.05) is 0 Å². The van der Waals surface area contributed by atoms with Crippen LogP contribution >= 0.6 is 15.9 Å². The molecule has 0 N–H and O–H groups in total. The van der Waals surface area contributed by atoms with Gasteiger partial charge in [0, 0.05) is 10.5 Å². The highest BCUT2D eigenvalue weighted by atomic mass is 79.9. The van der Waals surface area contributed by atoms with E-state index >= 15 is 0 Å². The topological polar surface area (TPSA) is 39.2 Å². The van der Waals surface area contributed by atoms with Crippen molar-refractivity contribution in [2.75, 3.05) is 0 Å². The zero-order valence-corrected chi connectivity index (χ0v) is 12.0. The number of esters is 1. The third kappa shape index (κ3) is 5.13. The highest BCUT2D eigenvalue weighted by molar-refractivity contribution is 9.10. The fraction of sp³-hybridized carbons (Fsp3) is 0.385. The highest BCUT2D eigenvalue weighted by Crippen LogP contribution is 2.14. The zero-order valence-electron chi connectivity index (χ0n) is 10.5. The average Bonchev–Trinajstić information content (AvgIpc) is 2.17. The van der Waals surface area contributed by atoms with Crippen LogP contribution in [0, 0.1) is 6.92 Å². The molecule has 0 fully saturated rings. The molecule has 4 heteroatoms. The predicted molar refractivity (Wildman–Crippen MR) is 71.6 cm³/mol. The molecule has 0 radical (unpaired) electrons. The van der Waals surface area contributed by atoms with E-state index < -0.39 is 5.60 Å². The van der Waals surface area contributed by atoms with Crippen LogP contribution in [-0.4, -0.2) is 16.6 Å². The molecule has 0 aromatic carbocycles. The van der Waals surface area contributed by atoms with E-state index in [9.17, 15) is 4.79 Å². The van der Waals surface area contributed by atoms with Gasteiger partial charge in [-0.2, -0.15) is 0 Å². The minimum atomic E-state index is -0.468. The van der Waals surface area contributed by atoms with Crippen LogP contribution in [0.4, 0.5) is 0 Å². The molecule has 0 unspecified atom stereocenters. The second-order valence-electron chi connectivity index (χ2n) is 4.67. The van der Waals surface area contributed by atoms with E-state index in [0.29, 0.717) is 0 Å². The maximum atomic E-state index is 11.4. The molecule has 1 rings (SSSR count). The Hall–Kier alpha value is -1.16. The maximum Gasteiger partial charge on any atom is 0.331 e. The van der Waals surface area contributed by atoms with Crippen molar-refractivity contribution >= 4 is 28.0 Å². The average molecular weight is 298 g/mol. The molecule has 3 nitrogen and oxygen atoms in total. The molecule has 0 aliphatic carbocycles. The Morgan fingerprint density at radius 1 is 1.41 bits per heavy atom. The molecule has 0 amide bonds. The minimum absolute atomic E-state index is 0.361. The smallest absolute Gasteiger partial charge is 0.331 e. The molecule has 17 heavy (non-hydrogen) atoms. The first kappa shape index (κ1) is 13.9. The second-order valence-corrected chi connectivity index (χ2v) is 5.52. The number of aromatic nitrogens is 1. The fourth-order valence-electron chi connectivity index (χ4n) is 1.15. The van der Waals surface area contributed by atoms with E-state index in [4.69, 9.17) is 4.74 Å². The van der Waals surface area contributed by atoms with E-state index in [1.54, 1.807) is 6.08 Å². The number of carbonyl (C=O) groups is 1. The summed E-state index contributed by atoms with van der Waals surface area (Å²) in [6, 6.07) is 3.73. The van der Waals surface area contributed by atoms with Crippen molar-refractivity contribution in [2.24, 2.45) is 0 Å². The Bertz CT molecular complexity index is 447. The van der Waals surface area contributed by atoms with Crippen LogP contribution in [-0.2, 0) is 9.53 Å². The number of rotatable bonds is 2. The lowest BCUT2D eigenvalue weighted by Gasteiger charge is -2.17. The van der Waals surface area contributed by atoms with E-state index in [-0.39, 0.29) is 5.97 Å². The number of aryl methyl sites for hydroxylation is 1. The van der Waals surface area contributed by atoms with Crippen molar-refractivity contribution in [1.29, 1.82) is 0 Å². The summed E-state index contributed by atoms with van der Waals surface area (Å²) in [6.07, 6.45) is 3.04. The summed E-state index contributed by atoms with van der Waals surface area (Å²) < 4.78 is 6.10. The number of halogens is 1. The van der Waals surface area contributed by atoms with Crippen molar-refractivity contribution < 1.29 is 9.53 Å². The van der Waals surface area contributed by atoms with E-state index in [0.717, 1.165) is 15.9 Å². The van der Waals surface area contributed by atoms with Gasteiger partial charge >= 0.3 is 5.97 Å². The Labute approximate surface area is 110 Å². The predicted octanol–water partition coefficient (Wildman–Crippen LogP) is 3.51. The van der Waals surface area contributed by atoms with E-state index in [2.05, 4.69) is 20.9 Å². The van der Waals surface area contributed by atoms with Gasteiger partial charge in [0.15, 0.2) is 0 Å². The highest BCUT2D eigenvalue weighted by Gasteiger charge is 2.13. The summed E-state index contributed by atoms with van der Waals surface area (Å²) in [4.78, 5) is 15.7. The van der Waals surface area contributed by atoms with Crippen LogP contribution in [0.15, 0.2) is 22.7 Å². The molecule has 1 heterocycles. The Morgan fingerprint density at radius 3 is 2.59 bits per heavy atom. The molecule has 0 aliphatic rings. The number of hydrogen-bond acceptors (Lipinski definition) is 3. The van der Waals surface area contributed by atoms with Gasteiger partial charge in [-0.3, -0.25) is 4.98 Å². The van der Waals surface area contributed by atoms with Gasteiger partial charge in [-0.05, 0) is 61.8 Å². The van der Waals surface area contributed by atoms with Gasteiger partial charge < -0.3 is 4.74 Å². The minimum Gasteiger partial charge on any atom is -0.457 e. The Kier molecular flexibility index (Phi) is 4.46. The van der Waals surface area contributed by atoms with Crippen LogP contribution < -0.4 is 0 Å². The molecular weight excluding hydrogens is 282 g/mol. The third-order valence-corrected chi connectivity index (χ3v) is 2.68. The summed E-state index contributed by atoms with van der Waals surface area (Å²) in [7, 11) is 0. The lowest BCUT2D eigenvalue weighted by atomic mass is 10.2. The quantitative estimate of drug-likeness (QED) is 0.619. The van der Waals surface area contributed by atoms with Crippen LogP contribution in [0.2, 0.25) is 0 Å². The second kappa shape index (κ2) is 5.45. The normalized spacial score (nSPS) is 11.8. The number of ether oxygens (including phenoxy) is 1. The Morgan fingerprint density at radius 2 is 2.06 bits per heavy atom. The van der Waals surface area contributed by atoms with E-state index in [1.165, 1.54) is 6.08 Å². The van der Waals surface area contributed by atoms with Gasteiger partial charge in [0.05, 0.1) is 11.4 Å². The van der Waals surface area contributed by atoms with Crippen LogP contribution in [0.3, 0.4) is 0 Å². The lowest BCUT2D eigenvalue weighted by molar-refractivity contribution is -0.148. The van der Waals surface area contributed by atoms with Crippen molar-refractivity contribution in [3.8, 4) is 0 Å². The van der Waals surface area contributed by atoms with Gasteiger partial charge in [-0.25, -0.2) is 4.79 Å². The first-order valence-electron chi connectivity index (χ1n) is 5.32. The molecule has 0 aliphatic heterocycles. The molecule has 1 aromatic heterocycles. The SMILES string of the molecule is Cc1nc(C=CC(=O)OC(C)(C)C)ccc1Br. The van der Waals surface area contributed by atoms with Gasteiger partial charge in [0.25, 0.3) is 0 Å². The maximum absolute atomic E-state index is 11.4. The first-order chi connectivity index (χ1) is 7.78. The van der Waals surface area contributed by atoms with Gasteiger partial charge in [-0.15, -0.1) is 0 Å². The summed E-state index contributed by atoms with van der Waals surface area (Å²) in [6.45, 7) is 7.40.